The van der Waals surface area contributed by atoms with Gasteiger partial charge in [-0.2, -0.15) is 0 Å². The van der Waals surface area contributed by atoms with E-state index in [4.69, 9.17) is 0 Å². The quantitative estimate of drug-likeness (QED) is 0.626. The van der Waals surface area contributed by atoms with Gasteiger partial charge in [-0.05, 0) is 31.0 Å². The summed E-state index contributed by atoms with van der Waals surface area (Å²) in [6.07, 6.45) is 2.52. The van der Waals surface area contributed by atoms with Crippen LogP contribution in [0.2, 0.25) is 0 Å². The lowest BCUT2D eigenvalue weighted by molar-refractivity contribution is 0.216. The number of benzene rings is 2. The van der Waals surface area contributed by atoms with Gasteiger partial charge in [0, 0.05) is 0 Å². The van der Waals surface area contributed by atoms with E-state index in [2.05, 4.69) is 37.8 Å². The monoisotopic (exact) mass is 253 g/mol. The van der Waals surface area contributed by atoms with Crippen LogP contribution in [0.5, 0.6) is 0 Å². The minimum atomic E-state index is -0.111. The number of aryl methyl sites for hydroxylation is 1. The van der Waals surface area contributed by atoms with Crippen molar-refractivity contribution in [2.24, 2.45) is 0 Å². The largest absolute Gasteiger partial charge is 0.288 e. The molecule has 0 fully saturated rings. The molecule has 0 saturated heterocycles. The molecule has 0 heterocycles. The van der Waals surface area contributed by atoms with Gasteiger partial charge in [0.2, 0.25) is 0 Å². The van der Waals surface area contributed by atoms with Gasteiger partial charge in [-0.1, -0.05) is 54.1 Å². The van der Waals surface area contributed by atoms with Gasteiger partial charge < -0.3 is 0 Å². The molecule has 2 aromatic rings. The molecule has 0 aliphatic carbocycles. The second-order valence-corrected chi connectivity index (χ2v) is 4.63. The summed E-state index contributed by atoms with van der Waals surface area (Å²) in [7, 11) is 0. The van der Waals surface area contributed by atoms with Crippen LogP contribution in [0, 0.1) is 6.92 Å². The van der Waals surface area contributed by atoms with Crippen molar-refractivity contribution in [2.75, 3.05) is 5.06 Å². The second-order valence-electron chi connectivity index (χ2n) is 4.63. The Balaban J connectivity index is 2.29. The molecule has 2 aromatic carbocycles. The van der Waals surface area contributed by atoms with E-state index < -0.39 is 0 Å². The van der Waals surface area contributed by atoms with Crippen molar-refractivity contribution in [3.8, 4) is 0 Å². The lowest BCUT2D eigenvalue weighted by atomic mass is 10.0. The molecule has 0 spiro atoms. The van der Waals surface area contributed by atoms with E-state index in [0.29, 0.717) is 6.42 Å². The van der Waals surface area contributed by atoms with Crippen molar-refractivity contribution >= 4 is 5.69 Å². The fraction of sp³-hybridized carbons (Fsp3) is 0.176. The third-order valence-corrected chi connectivity index (χ3v) is 3.17. The van der Waals surface area contributed by atoms with Gasteiger partial charge in [-0.15, -0.1) is 6.58 Å². The van der Waals surface area contributed by atoms with Gasteiger partial charge in [-0.3, -0.25) is 5.21 Å². The highest BCUT2D eigenvalue weighted by Gasteiger charge is 2.17. The van der Waals surface area contributed by atoms with Crippen molar-refractivity contribution in [1.82, 2.24) is 0 Å². The van der Waals surface area contributed by atoms with E-state index in [-0.39, 0.29) is 6.04 Å². The van der Waals surface area contributed by atoms with Gasteiger partial charge in [-0.25, -0.2) is 5.06 Å². The zero-order valence-corrected chi connectivity index (χ0v) is 11.2. The molecule has 19 heavy (non-hydrogen) atoms. The number of hydroxylamine groups is 1. The Kier molecular flexibility index (Phi) is 4.37. The van der Waals surface area contributed by atoms with Crippen LogP contribution >= 0.6 is 0 Å². The number of hydrogen-bond acceptors (Lipinski definition) is 2. The predicted molar refractivity (Wildman–Crippen MR) is 79.4 cm³/mol. The summed E-state index contributed by atoms with van der Waals surface area (Å²) < 4.78 is 0. The Morgan fingerprint density at radius 3 is 2.32 bits per heavy atom. The molecule has 0 aliphatic heterocycles. The van der Waals surface area contributed by atoms with E-state index >= 15 is 0 Å². The van der Waals surface area contributed by atoms with Gasteiger partial charge in [0.1, 0.15) is 0 Å². The smallest absolute Gasteiger partial charge is 0.0847 e. The third-order valence-electron chi connectivity index (χ3n) is 3.17. The fourth-order valence-electron chi connectivity index (χ4n) is 2.08. The van der Waals surface area contributed by atoms with Crippen LogP contribution in [-0.4, -0.2) is 5.21 Å². The molecule has 0 aromatic heterocycles. The molecule has 1 atom stereocenters. The number of anilines is 1. The number of rotatable bonds is 5. The minimum absolute atomic E-state index is 0.111. The molecule has 1 N–H and O–H groups in total. The highest BCUT2D eigenvalue weighted by Crippen LogP contribution is 2.28. The maximum absolute atomic E-state index is 10.4. The summed E-state index contributed by atoms with van der Waals surface area (Å²) in [5, 5.41) is 11.7. The Labute approximate surface area is 114 Å². The van der Waals surface area contributed by atoms with Crippen molar-refractivity contribution in [3.05, 3.63) is 78.4 Å². The van der Waals surface area contributed by atoms with E-state index in [9.17, 15) is 5.21 Å². The Morgan fingerprint density at radius 2 is 1.74 bits per heavy atom. The fourth-order valence-corrected chi connectivity index (χ4v) is 2.08. The summed E-state index contributed by atoms with van der Waals surface area (Å²) >= 11 is 0. The summed E-state index contributed by atoms with van der Waals surface area (Å²) in [4.78, 5) is 0. The average Bonchev–Trinajstić information content (AvgIpc) is 2.46. The van der Waals surface area contributed by atoms with E-state index in [0.717, 1.165) is 11.3 Å². The third kappa shape index (κ3) is 3.24. The molecular formula is C17H19NO. The maximum atomic E-state index is 10.4. The molecular weight excluding hydrogens is 234 g/mol. The van der Waals surface area contributed by atoms with E-state index in [1.807, 2.05) is 36.4 Å². The van der Waals surface area contributed by atoms with Crippen molar-refractivity contribution in [1.29, 1.82) is 0 Å². The first kappa shape index (κ1) is 13.4. The molecule has 0 amide bonds. The van der Waals surface area contributed by atoms with E-state index in [1.54, 1.807) is 0 Å². The summed E-state index contributed by atoms with van der Waals surface area (Å²) in [6.45, 7) is 5.84. The van der Waals surface area contributed by atoms with Crippen LogP contribution < -0.4 is 5.06 Å². The Morgan fingerprint density at radius 1 is 1.11 bits per heavy atom. The van der Waals surface area contributed by atoms with Crippen LogP contribution in [0.3, 0.4) is 0 Å². The number of para-hydroxylation sites is 1. The normalized spacial score (nSPS) is 11.9. The van der Waals surface area contributed by atoms with Crippen LogP contribution in [0.25, 0.3) is 0 Å². The zero-order chi connectivity index (χ0) is 13.7. The van der Waals surface area contributed by atoms with Crippen LogP contribution in [0.4, 0.5) is 5.69 Å². The van der Waals surface area contributed by atoms with Gasteiger partial charge in [0.25, 0.3) is 0 Å². The molecule has 1 unspecified atom stereocenters. The first-order valence-electron chi connectivity index (χ1n) is 6.43. The van der Waals surface area contributed by atoms with Gasteiger partial charge in [0.05, 0.1) is 11.7 Å². The Bertz CT molecular complexity index is 519. The topological polar surface area (TPSA) is 23.5 Å². The highest BCUT2D eigenvalue weighted by atomic mass is 16.5. The molecule has 0 aliphatic rings. The van der Waals surface area contributed by atoms with Crippen LogP contribution in [-0.2, 0) is 0 Å². The highest BCUT2D eigenvalue weighted by molar-refractivity contribution is 5.46. The van der Waals surface area contributed by atoms with Crippen molar-refractivity contribution in [2.45, 2.75) is 19.4 Å². The lowest BCUT2D eigenvalue weighted by Gasteiger charge is -2.27. The second kappa shape index (κ2) is 6.21. The SMILES string of the molecule is C=CCC(c1ccc(C)cc1)N(O)c1ccccc1. The maximum Gasteiger partial charge on any atom is 0.0847 e. The standard InChI is InChI=1S/C17H19NO/c1-3-7-17(15-12-10-14(2)11-13-15)18(19)16-8-5-4-6-9-16/h3-6,8-13,17,19H,1,7H2,2H3. The van der Waals surface area contributed by atoms with Crippen LogP contribution in [0.15, 0.2) is 67.3 Å². The number of nitrogens with zero attached hydrogens (tertiary/aromatic N) is 1. The van der Waals surface area contributed by atoms with Crippen LogP contribution in [0.1, 0.15) is 23.6 Å². The van der Waals surface area contributed by atoms with Crippen molar-refractivity contribution in [3.63, 3.8) is 0 Å². The number of hydrogen-bond donors (Lipinski definition) is 1. The molecule has 2 nitrogen and oxygen atoms in total. The van der Waals surface area contributed by atoms with Gasteiger partial charge in [0.15, 0.2) is 0 Å². The summed E-state index contributed by atoms with van der Waals surface area (Å²) in [5.74, 6) is 0. The molecule has 98 valence electrons. The molecule has 0 radical (unpaired) electrons. The lowest BCUT2D eigenvalue weighted by Crippen LogP contribution is -2.24. The molecule has 0 saturated carbocycles. The summed E-state index contributed by atoms with van der Waals surface area (Å²) in [6, 6.07) is 17.7. The first-order valence-corrected chi connectivity index (χ1v) is 6.43. The minimum Gasteiger partial charge on any atom is -0.288 e. The molecule has 2 rings (SSSR count). The average molecular weight is 253 g/mol. The first-order chi connectivity index (χ1) is 9.22. The van der Waals surface area contributed by atoms with E-state index in [1.165, 1.54) is 10.6 Å². The Hall–Kier alpha value is -2.06. The van der Waals surface area contributed by atoms with Crippen molar-refractivity contribution < 1.29 is 5.21 Å². The zero-order valence-electron chi connectivity index (χ0n) is 11.2. The van der Waals surface area contributed by atoms with Gasteiger partial charge >= 0.3 is 0 Å². The molecule has 0 bridgehead atoms. The predicted octanol–water partition coefficient (Wildman–Crippen LogP) is 4.51. The summed E-state index contributed by atoms with van der Waals surface area (Å²) in [5.41, 5.74) is 3.08. The molecule has 2 heteroatoms.